The molecule has 1 atom stereocenters. The lowest BCUT2D eigenvalue weighted by Crippen LogP contribution is -2.14. The molecule has 1 unspecified atom stereocenters. The molecule has 2 aromatic rings. The molecule has 2 N–H and O–H groups in total. The Balaban J connectivity index is 2.06. The molecular formula is C18H22FNO. The van der Waals surface area contributed by atoms with Crippen LogP contribution in [0, 0.1) is 19.7 Å². The summed E-state index contributed by atoms with van der Waals surface area (Å²) in [6.45, 7) is 3.83. The quantitative estimate of drug-likeness (QED) is 0.899. The molecule has 2 aromatic carbocycles. The maximum atomic E-state index is 13.3. The average Bonchev–Trinajstić information content (AvgIpc) is 2.44. The van der Waals surface area contributed by atoms with E-state index in [9.17, 15) is 4.39 Å². The molecule has 3 heteroatoms. The maximum absolute atomic E-state index is 13.3. The molecule has 112 valence electrons. The van der Waals surface area contributed by atoms with Crippen LogP contribution in [0.5, 0.6) is 5.75 Å². The predicted octanol–water partition coefficient (Wildman–Crippen LogP) is 4.08. The number of halogens is 1. The Labute approximate surface area is 125 Å². The van der Waals surface area contributed by atoms with Crippen LogP contribution >= 0.6 is 0 Å². The topological polar surface area (TPSA) is 35.2 Å². The summed E-state index contributed by atoms with van der Waals surface area (Å²) in [6.07, 6.45) is 1.72. The number of aryl methyl sites for hydroxylation is 3. The Morgan fingerprint density at radius 1 is 1.10 bits per heavy atom. The first-order chi connectivity index (χ1) is 10.0. The van der Waals surface area contributed by atoms with Gasteiger partial charge in [-0.05, 0) is 73.2 Å². The second-order valence-electron chi connectivity index (χ2n) is 5.45. The van der Waals surface area contributed by atoms with Gasteiger partial charge in [-0.3, -0.25) is 0 Å². The van der Waals surface area contributed by atoms with Crippen molar-refractivity contribution in [1.29, 1.82) is 0 Å². The van der Waals surface area contributed by atoms with Gasteiger partial charge < -0.3 is 10.5 Å². The smallest absolute Gasteiger partial charge is 0.123 e. The van der Waals surface area contributed by atoms with Gasteiger partial charge in [0, 0.05) is 6.04 Å². The van der Waals surface area contributed by atoms with Crippen molar-refractivity contribution in [2.45, 2.75) is 32.7 Å². The number of hydrogen-bond donors (Lipinski definition) is 1. The van der Waals surface area contributed by atoms with E-state index in [4.69, 9.17) is 10.5 Å². The zero-order valence-electron chi connectivity index (χ0n) is 12.8. The highest BCUT2D eigenvalue weighted by molar-refractivity contribution is 5.37. The molecule has 0 radical (unpaired) electrons. The lowest BCUT2D eigenvalue weighted by molar-refractivity contribution is 0.414. The number of rotatable bonds is 5. The summed E-state index contributed by atoms with van der Waals surface area (Å²) in [4.78, 5) is 0. The molecule has 21 heavy (non-hydrogen) atoms. The van der Waals surface area contributed by atoms with Crippen LogP contribution in [0.4, 0.5) is 4.39 Å². The van der Waals surface area contributed by atoms with Crippen molar-refractivity contribution >= 4 is 0 Å². The van der Waals surface area contributed by atoms with Crippen LogP contribution in [0.3, 0.4) is 0 Å². The van der Waals surface area contributed by atoms with E-state index in [1.54, 1.807) is 19.2 Å². The summed E-state index contributed by atoms with van der Waals surface area (Å²) < 4.78 is 18.5. The lowest BCUT2D eigenvalue weighted by Gasteiger charge is -2.18. The van der Waals surface area contributed by atoms with E-state index in [2.05, 4.69) is 12.1 Å². The van der Waals surface area contributed by atoms with Crippen molar-refractivity contribution in [3.8, 4) is 5.75 Å². The van der Waals surface area contributed by atoms with E-state index < -0.39 is 0 Å². The predicted molar refractivity (Wildman–Crippen MR) is 84.1 cm³/mol. The van der Waals surface area contributed by atoms with Crippen LogP contribution in [-0.4, -0.2) is 7.11 Å². The third kappa shape index (κ3) is 3.82. The maximum Gasteiger partial charge on any atom is 0.123 e. The average molecular weight is 287 g/mol. The van der Waals surface area contributed by atoms with Gasteiger partial charge in [0.1, 0.15) is 11.6 Å². The minimum Gasteiger partial charge on any atom is -0.497 e. The van der Waals surface area contributed by atoms with Crippen LogP contribution in [0.2, 0.25) is 0 Å². The van der Waals surface area contributed by atoms with Crippen molar-refractivity contribution in [2.24, 2.45) is 5.73 Å². The first kappa shape index (κ1) is 15.5. The lowest BCUT2D eigenvalue weighted by atomic mass is 9.92. The highest BCUT2D eigenvalue weighted by Crippen LogP contribution is 2.25. The molecule has 0 saturated carbocycles. The van der Waals surface area contributed by atoms with Gasteiger partial charge in [-0.1, -0.05) is 12.1 Å². The van der Waals surface area contributed by atoms with Crippen molar-refractivity contribution in [3.05, 3.63) is 64.5 Å². The molecule has 0 aromatic heterocycles. The van der Waals surface area contributed by atoms with Gasteiger partial charge in [-0.2, -0.15) is 0 Å². The molecule has 2 rings (SSSR count). The third-order valence-electron chi connectivity index (χ3n) is 3.83. The van der Waals surface area contributed by atoms with Crippen molar-refractivity contribution in [1.82, 2.24) is 0 Å². The minimum atomic E-state index is -0.198. The summed E-state index contributed by atoms with van der Waals surface area (Å²) >= 11 is 0. The summed E-state index contributed by atoms with van der Waals surface area (Å²) in [7, 11) is 1.66. The van der Waals surface area contributed by atoms with E-state index in [0.29, 0.717) is 0 Å². The van der Waals surface area contributed by atoms with E-state index in [-0.39, 0.29) is 11.9 Å². The van der Waals surface area contributed by atoms with Gasteiger partial charge in [0.15, 0.2) is 0 Å². The monoisotopic (exact) mass is 287 g/mol. The number of nitrogens with two attached hydrogens (primary N) is 1. The van der Waals surface area contributed by atoms with Crippen LogP contribution < -0.4 is 10.5 Å². The molecule has 0 heterocycles. The third-order valence-corrected chi connectivity index (χ3v) is 3.83. The molecule has 0 fully saturated rings. The molecular weight excluding hydrogens is 265 g/mol. The van der Waals surface area contributed by atoms with Gasteiger partial charge >= 0.3 is 0 Å². The van der Waals surface area contributed by atoms with Gasteiger partial charge in [0.05, 0.1) is 7.11 Å². The molecule has 0 spiro atoms. The SMILES string of the molecule is COc1ccc(CCC(N)c2c(C)cc(F)cc2C)cc1. The Morgan fingerprint density at radius 3 is 2.19 bits per heavy atom. The molecule has 0 amide bonds. The summed E-state index contributed by atoms with van der Waals surface area (Å²) in [5.41, 5.74) is 10.4. The van der Waals surface area contributed by atoms with Crippen LogP contribution in [-0.2, 0) is 6.42 Å². The molecule has 0 aliphatic carbocycles. The normalized spacial score (nSPS) is 12.2. The van der Waals surface area contributed by atoms with E-state index in [1.807, 2.05) is 26.0 Å². The summed E-state index contributed by atoms with van der Waals surface area (Å²) in [6, 6.07) is 11.0. The number of hydrogen-bond acceptors (Lipinski definition) is 2. The second-order valence-corrected chi connectivity index (χ2v) is 5.45. The zero-order chi connectivity index (χ0) is 15.4. The fourth-order valence-corrected chi connectivity index (χ4v) is 2.77. The van der Waals surface area contributed by atoms with Crippen molar-refractivity contribution < 1.29 is 9.13 Å². The Morgan fingerprint density at radius 2 is 1.67 bits per heavy atom. The fraction of sp³-hybridized carbons (Fsp3) is 0.333. The second kappa shape index (κ2) is 6.72. The number of benzene rings is 2. The van der Waals surface area contributed by atoms with E-state index in [1.165, 1.54) is 5.56 Å². The number of methoxy groups -OCH3 is 1. The summed E-state index contributed by atoms with van der Waals surface area (Å²) in [5.74, 6) is 0.657. The highest BCUT2D eigenvalue weighted by Gasteiger charge is 2.13. The minimum absolute atomic E-state index is 0.0762. The summed E-state index contributed by atoms with van der Waals surface area (Å²) in [5, 5.41) is 0. The first-order valence-corrected chi connectivity index (χ1v) is 7.16. The van der Waals surface area contributed by atoms with Crippen LogP contribution in [0.15, 0.2) is 36.4 Å². The molecule has 2 nitrogen and oxygen atoms in total. The Kier molecular flexibility index (Phi) is 4.97. The van der Waals surface area contributed by atoms with Gasteiger partial charge in [0.2, 0.25) is 0 Å². The van der Waals surface area contributed by atoms with Crippen LogP contribution in [0.25, 0.3) is 0 Å². The fourth-order valence-electron chi connectivity index (χ4n) is 2.77. The zero-order valence-corrected chi connectivity index (χ0v) is 12.8. The largest absolute Gasteiger partial charge is 0.497 e. The van der Waals surface area contributed by atoms with Gasteiger partial charge in [-0.25, -0.2) is 4.39 Å². The Bertz CT molecular complexity index is 584. The molecule has 0 bridgehead atoms. The molecule has 0 aliphatic heterocycles. The molecule has 0 saturated heterocycles. The number of ether oxygens (including phenoxy) is 1. The van der Waals surface area contributed by atoms with E-state index in [0.717, 1.165) is 35.3 Å². The van der Waals surface area contributed by atoms with Crippen molar-refractivity contribution in [3.63, 3.8) is 0 Å². The van der Waals surface area contributed by atoms with Gasteiger partial charge in [0.25, 0.3) is 0 Å². The van der Waals surface area contributed by atoms with Crippen LogP contribution in [0.1, 0.15) is 34.7 Å². The first-order valence-electron chi connectivity index (χ1n) is 7.16. The highest BCUT2D eigenvalue weighted by atomic mass is 19.1. The Hall–Kier alpha value is -1.87. The van der Waals surface area contributed by atoms with Gasteiger partial charge in [-0.15, -0.1) is 0 Å². The standard InChI is InChI=1S/C18H22FNO/c1-12-10-15(19)11-13(2)18(12)17(20)9-6-14-4-7-16(21-3)8-5-14/h4-5,7-8,10-11,17H,6,9,20H2,1-3H3. The molecule has 0 aliphatic rings. The van der Waals surface area contributed by atoms with Crippen molar-refractivity contribution in [2.75, 3.05) is 7.11 Å². The van der Waals surface area contributed by atoms with E-state index >= 15 is 0 Å².